The highest BCUT2D eigenvalue weighted by Gasteiger charge is 2.21. The molecule has 3 rings (SSSR count). The Kier molecular flexibility index (Phi) is 4.38. The molecule has 0 spiro atoms. The van der Waals surface area contributed by atoms with E-state index in [0.29, 0.717) is 11.2 Å². The molecule has 0 radical (unpaired) electrons. The normalized spacial score (nSPS) is 15.9. The lowest BCUT2D eigenvalue weighted by atomic mass is 10.1. The maximum atomic E-state index is 5.86. The zero-order chi connectivity index (χ0) is 15.5. The van der Waals surface area contributed by atoms with Crippen LogP contribution >= 0.6 is 11.6 Å². The van der Waals surface area contributed by atoms with Crippen molar-refractivity contribution in [3.05, 3.63) is 35.1 Å². The Hall–Kier alpha value is -1.95. The lowest BCUT2D eigenvalue weighted by molar-refractivity contribution is 0.521. The molecule has 7 heteroatoms. The van der Waals surface area contributed by atoms with Gasteiger partial charge >= 0.3 is 0 Å². The van der Waals surface area contributed by atoms with Crippen LogP contribution in [0.25, 0.3) is 0 Å². The highest BCUT2D eigenvalue weighted by Crippen LogP contribution is 2.21. The van der Waals surface area contributed by atoms with Crippen LogP contribution in [0.15, 0.2) is 18.5 Å². The Morgan fingerprint density at radius 1 is 1.14 bits per heavy atom. The topological polar surface area (TPSA) is 66.8 Å². The predicted molar refractivity (Wildman–Crippen MR) is 87.4 cm³/mol. The lowest BCUT2D eigenvalue weighted by Gasteiger charge is -2.33. The van der Waals surface area contributed by atoms with Crippen LogP contribution in [0.1, 0.15) is 24.4 Å². The molecule has 3 heterocycles. The van der Waals surface area contributed by atoms with Crippen LogP contribution in [0.4, 0.5) is 11.6 Å². The summed E-state index contributed by atoms with van der Waals surface area (Å²) in [6.07, 6.45) is 5.29. The van der Waals surface area contributed by atoms with Crippen molar-refractivity contribution >= 4 is 23.2 Å². The van der Waals surface area contributed by atoms with Crippen molar-refractivity contribution in [3.63, 3.8) is 0 Å². The largest absolute Gasteiger partial charge is 0.366 e. The molecule has 116 valence electrons. The molecule has 2 aromatic heterocycles. The van der Waals surface area contributed by atoms with E-state index in [1.807, 2.05) is 19.9 Å². The number of hydrogen-bond acceptors (Lipinski definition) is 6. The van der Waals surface area contributed by atoms with Crippen LogP contribution in [0, 0.1) is 13.8 Å². The summed E-state index contributed by atoms with van der Waals surface area (Å²) in [5.41, 5.74) is 1.01. The summed E-state index contributed by atoms with van der Waals surface area (Å²) in [5.74, 6) is 2.58. The van der Waals surface area contributed by atoms with E-state index in [4.69, 9.17) is 11.6 Å². The molecule has 0 aromatic carbocycles. The fraction of sp³-hybridized carbons (Fsp3) is 0.467. The van der Waals surface area contributed by atoms with Gasteiger partial charge in [-0.15, -0.1) is 0 Å². The molecule has 1 fully saturated rings. The summed E-state index contributed by atoms with van der Waals surface area (Å²) >= 11 is 5.86. The Morgan fingerprint density at radius 3 is 2.59 bits per heavy atom. The van der Waals surface area contributed by atoms with Crippen molar-refractivity contribution in [2.24, 2.45) is 0 Å². The maximum Gasteiger partial charge on any atom is 0.149 e. The van der Waals surface area contributed by atoms with Crippen LogP contribution in [0.5, 0.6) is 0 Å². The van der Waals surface area contributed by atoms with Crippen molar-refractivity contribution < 1.29 is 0 Å². The molecule has 22 heavy (non-hydrogen) atoms. The number of anilines is 2. The first-order chi connectivity index (χ1) is 10.6. The van der Waals surface area contributed by atoms with Gasteiger partial charge in [-0.3, -0.25) is 4.98 Å². The molecular formula is C15H19ClN6. The Bertz CT molecular complexity index is 634. The Morgan fingerprint density at radius 2 is 1.91 bits per heavy atom. The zero-order valence-electron chi connectivity index (χ0n) is 12.8. The van der Waals surface area contributed by atoms with E-state index in [-0.39, 0.29) is 0 Å². The number of aryl methyl sites for hydroxylation is 2. The number of rotatable bonds is 3. The van der Waals surface area contributed by atoms with Crippen molar-refractivity contribution in [2.45, 2.75) is 32.7 Å². The highest BCUT2D eigenvalue weighted by atomic mass is 35.5. The van der Waals surface area contributed by atoms with Crippen LogP contribution in [-0.4, -0.2) is 39.1 Å². The van der Waals surface area contributed by atoms with E-state index >= 15 is 0 Å². The molecule has 6 nitrogen and oxygen atoms in total. The Labute approximate surface area is 135 Å². The monoisotopic (exact) mass is 318 g/mol. The third-order valence-corrected chi connectivity index (χ3v) is 3.91. The van der Waals surface area contributed by atoms with Crippen molar-refractivity contribution in [2.75, 3.05) is 23.3 Å². The average molecular weight is 319 g/mol. The van der Waals surface area contributed by atoms with Gasteiger partial charge < -0.3 is 10.2 Å². The van der Waals surface area contributed by atoms with E-state index < -0.39 is 0 Å². The third kappa shape index (κ3) is 3.62. The van der Waals surface area contributed by atoms with Crippen LogP contribution < -0.4 is 10.2 Å². The number of piperidine rings is 1. The van der Waals surface area contributed by atoms with E-state index in [1.54, 1.807) is 6.20 Å². The second-order valence-corrected chi connectivity index (χ2v) is 5.93. The molecule has 0 aliphatic carbocycles. The van der Waals surface area contributed by atoms with E-state index in [9.17, 15) is 0 Å². The molecule has 2 aromatic rings. The second-order valence-electron chi connectivity index (χ2n) is 5.55. The molecular weight excluding hydrogens is 300 g/mol. The number of aromatic nitrogens is 4. The summed E-state index contributed by atoms with van der Waals surface area (Å²) in [6, 6.07) is 2.43. The van der Waals surface area contributed by atoms with Crippen molar-refractivity contribution in [1.29, 1.82) is 0 Å². The van der Waals surface area contributed by atoms with Gasteiger partial charge in [-0.05, 0) is 26.7 Å². The number of halogens is 1. The number of nitrogens with zero attached hydrogens (tertiary/aromatic N) is 5. The van der Waals surface area contributed by atoms with Gasteiger partial charge in [-0.25, -0.2) is 15.0 Å². The third-order valence-electron chi connectivity index (χ3n) is 3.73. The molecule has 0 saturated carbocycles. The van der Waals surface area contributed by atoms with Gasteiger partial charge in [-0.2, -0.15) is 0 Å². The SMILES string of the molecule is Cc1cc(N2CCC(Nc3cncc(Cl)n3)CC2)nc(C)n1. The minimum Gasteiger partial charge on any atom is -0.366 e. The van der Waals surface area contributed by atoms with E-state index in [0.717, 1.165) is 49.1 Å². The Balaban J connectivity index is 1.60. The first-order valence-electron chi connectivity index (χ1n) is 7.41. The van der Waals surface area contributed by atoms with Crippen molar-refractivity contribution in [3.8, 4) is 0 Å². The van der Waals surface area contributed by atoms with Gasteiger partial charge in [0.25, 0.3) is 0 Å². The van der Waals surface area contributed by atoms with Gasteiger partial charge in [-0.1, -0.05) is 11.6 Å². The van der Waals surface area contributed by atoms with Gasteiger partial charge in [0.15, 0.2) is 0 Å². The second kappa shape index (κ2) is 6.44. The first-order valence-corrected chi connectivity index (χ1v) is 7.79. The zero-order valence-corrected chi connectivity index (χ0v) is 13.5. The van der Waals surface area contributed by atoms with Crippen LogP contribution in [-0.2, 0) is 0 Å². The van der Waals surface area contributed by atoms with E-state index in [2.05, 4.69) is 30.2 Å². The smallest absolute Gasteiger partial charge is 0.149 e. The predicted octanol–water partition coefficient (Wildman–Crippen LogP) is 2.62. The molecule has 0 bridgehead atoms. The quantitative estimate of drug-likeness (QED) is 0.938. The minimum atomic E-state index is 0.382. The molecule has 0 unspecified atom stereocenters. The number of nitrogens with one attached hydrogen (secondary N) is 1. The standard InChI is InChI=1S/C15H19ClN6/c1-10-7-15(19-11(2)18-10)22-5-3-12(4-6-22)20-14-9-17-8-13(16)21-14/h7-9,12H,3-6H2,1-2H3,(H,20,21). The van der Waals surface area contributed by atoms with Gasteiger partial charge in [0.2, 0.25) is 0 Å². The minimum absolute atomic E-state index is 0.382. The van der Waals surface area contributed by atoms with E-state index in [1.165, 1.54) is 6.20 Å². The molecule has 1 aliphatic rings. The summed E-state index contributed by atoms with van der Waals surface area (Å²) in [4.78, 5) is 19.4. The fourth-order valence-corrected chi connectivity index (χ4v) is 2.88. The van der Waals surface area contributed by atoms with Crippen LogP contribution in [0.3, 0.4) is 0 Å². The van der Waals surface area contributed by atoms with Gasteiger partial charge in [0, 0.05) is 30.9 Å². The molecule has 0 atom stereocenters. The van der Waals surface area contributed by atoms with Gasteiger partial charge in [0.1, 0.15) is 22.6 Å². The maximum absolute atomic E-state index is 5.86. The molecule has 1 saturated heterocycles. The molecule has 1 aliphatic heterocycles. The summed E-state index contributed by atoms with van der Waals surface area (Å²) in [5, 5.41) is 3.81. The van der Waals surface area contributed by atoms with Gasteiger partial charge in [0.05, 0.1) is 12.4 Å². The lowest BCUT2D eigenvalue weighted by Crippen LogP contribution is -2.39. The summed E-state index contributed by atoms with van der Waals surface area (Å²) in [6.45, 7) is 5.86. The molecule has 0 amide bonds. The summed E-state index contributed by atoms with van der Waals surface area (Å²) in [7, 11) is 0. The number of hydrogen-bond donors (Lipinski definition) is 1. The highest BCUT2D eigenvalue weighted by molar-refractivity contribution is 6.29. The molecule has 1 N–H and O–H groups in total. The summed E-state index contributed by atoms with van der Waals surface area (Å²) < 4.78 is 0. The van der Waals surface area contributed by atoms with Crippen molar-refractivity contribution in [1.82, 2.24) is 19.9 Å². The fourth-order valence-electron chi connectivity index (χ4n) is 2.73. The average Bonchev–Trinajstić information content (AvgIpc) is 2.47. The first kappa shape index (κ1) is 15.0. The van der Waals surface area contributed by atoms with Crippen LogP contribution in [0.2, 0.25) is 5.15 Å².